The Kier molecular flexibility index (Phi) is 4.55. The van der Waals surface area contributed by atoms with Crippen molar-refractivity contribution in [1.82, 2.24) is 9.80 Å². The third kappa shape index (κ3) is 3.14. The van der Waals surface area contributed by atoms with E-state index in [-0.39, 0.29) is 17.8 Å². The van der Waals surface area contributed by atoms with E-state index in [1.165, 1.54) is 0 Å². The number of aliphatic imine (C=N–C) groups is 1. The van der Waals surface area contributed by atoms with Crippen LogP contribution in [0.25, 0.3) is 0 Å². The lowest BCUT2D eigenvalue weighted by Crippen LogP contribution is -2.44. The molecule has 3 heterocycles. The average molecular weight is 356 g/mol. The van der Waals surface area contributed by atoms with Crippen LogP contribution in [-0.2, 0) is 16.0 Å². The van der Waals surface area contributed by atoms with Gasteiger partial charge in [0.25, 0.3) is 0 Å². The van der Waals surface area contributed by atoms with Crippen LogP contribution in [0.3, 0.4) is 0 Å². The fourth-order valence-electron chi connectivity index (χ4n) is 3.68. The Bertz CT molecular complexity index is 755. The standard InChI is InChI=1S/C19H24N4O3/c1-21-7-6-17(22-9-11-26-12-10-22)20-18(21)13-19(25)23-8-5-14-15(23)3-2-4-16(14)24/h2-4,6-7,18,24H,5,8-13H2,1H3. The van der Waals surface area contributed by atoms with Gasteiger partial charge in [-0.1, -0.05) is 6.07 Å². The van der Waals surface area contributed by atoms with Gasteiger partial charge in [0, 0.05) is 38.4 Å². The van der Waals surface area contributed by atoms with Crippen molar-refractivity contribution in [2.75, 3.05) is 44.8 Å². The summed E-state index contributed by atoms with van der Waals surface area (Å²) in [6.07, 6.45) is 4.77. The number of morpholine rings is 1. The second-order valence-electron chi connectivity index (χ2n) is 6.82. The molecular formula is C19H24N4O3. The van der Waals surface area contributed by atoms with E-state index in [0.29, 0.717) is 32.6 Å². The Morgan fingerprint density at radius 1 is 1.31 bits per heavy atom. The van der Waals surface area contributed by atoms with Crippen molar-refractivity contribution >= 4 is 17.4 Å². The molecule has 3 aliphatic heterocycles. The zero-order valence-corrected chi connectivity index (χ0v) is 15.0. The summed E-state index contributed by atoms with van der Waals surface area (Å²) in [6, 6.07) is 5.35. The van der Waals surface area contributed by atoms with Gasteiger partial charge in [0.15, 0.2) is 0 Å². The summed E-state index contributed by atoms with van der Waals surface area (Å²) in [7, 11) is 1.94. The van der Waals surface area contributed by atoms with E-state index in [2.05, 4.69) is 4.90 Å². The lowest BCUT2D eigenvalue weighted by molar-refractivity contribution is -0.119. The third-order valence-corrected chi connectivity index (χ3v) is 5.21. The SMILES string of the molecule is CN1C=CC(N2CCOCC2)=NC1CC(=O)N1CCc2c(O)cccc21. The van der Waals surface area contributed by atoms with Crippen LogP contribution < -0.4 is 4.90 Å². The van der Waals surface area contributed by atoms with Gasteiger partial charge in [0.05, 0.1) is 25.3 Å². The molecule has 1 amide bonds. The molecule has 4 rings (SSSR count). The first-order valence-corrected chi connectivity index (χ1v) is 9.05. The highest BCUT2D eigenvalue weighted by Crippen LogP contribution is 2.34. The Labute approximate surface area is 153 Å². The summed E-state index contributed by atoms with van der Waals surface area (Å²) in [5.41, 5.74) is 1.68. The number of rotatable bonds is 2. The number of carbonyl (C=O) groups is 1. The van der Waals surface area contributed by atoms with Crippen LogP contribution in [0, 0.1) is 0 Å². The van der Waals surface area contributed by atoms with E-state index in [9.17, 15) is 9.90 Å². The van der Waals surface area contributed by atoms with Crippen LogP contribution in [0.5, 0.6) is 5.75 Å². The molecule has 26 heavy (non-hydrogen) atoms. The highest BCUT2D eigenvalue weighted by Gasteiger charge is 2.30. The van der Waals surface area contributed by atoms with Gasteiger partial charge in [-0.3, -0.25) is 4.79 Å². The number of fused-ring (bicyclic) bond motifs is 1. The number of benzene rings is 1. The maximum atomic E-state index is 12.9. The second kappa shape index (κ2) is 6.99. The number of phenols is 1. The van der Waals surface area contributed by atoms with Crippen molar-refractivity contribution in [3.63, 3.8) is 0 Å². The molecule has 1 aromatic carbocycles. The van der Waals surface area contributed by atoms with E-state index in [1.807, 2.05) is 30.3 Å². The Morgan fingerprint density at radius 3 is 2.92 bits per heavy atom. The molecule has 0 aliphatic carbocycles. The zero-order chi connectivity index (χ0) is 18.1. The predicted molar refractivity (Wildman–Crippen MR) is 99.3 cm³/mol. The summed E-state index contributed by atoms with van der Waals surface area (Å²) < 4.78 is 5.40. The summed E-state index contributed by atoms with van der Waals surface area (Å²) in [5, 5.41) is 9.98. The van der Waals surface area contributed by atoms with Crippen LogP contribution in [0.4, 0.5) is 5.69 Å². The van der Waals surface area contributed by atoms with Gasteiger partial charge in [-0.2, -0.15) is 0 Å². The van der Waals surface area contributed by atoms with Crippen LogP contribution >= 0.6 is 0 Å². The fourth-order valence-corrected chi connectivity index (χ4v) is 3.68. The van der Waals surface area contributed by atoms with E-state index in [0.717, 1.165) is 30.2 Å². The first kappa shape index (κ1) is 16.9. The lowest BCUT2D eigenvalue weighted by atomic mass is 10.1. The van der Waals surface area contributed by atoms with Crippen molar-refractivity contribution in [1.29, 1.82) is 0 Å². The van der Waals surface area contributed by atoms with Gasteiger partial charge in [-0.05, 0) is 24.6 Å². The summed E-state index contributed by atoms with van der Waals surface area (Å²) in [6.45, 7) is 3.68. The van der Waals surface area contributed by atoms with Gasteiger partial charge in [0.1, 0.15) is 17.8 Å². The molecule has 7 nitrogen and oxygen atoms in total. The molecule has 1 atom stereocenters. The van der Waals surface area contributed by atoms with Crippen molar-refractivity contribution in [2.24, 2.45) is 4.99 Å². The average Bonchev–Trinajstić information content (AvgIpc) is 3.10. The number of ether oxygens (including phenoxy) is 1. The highest BCUT2D eigenvalue weighted by atomic mass is 16.5. The molecule has 7 heteroatoms. The number of amidine groups is 1. The Hall–Kier alpha value is -2.54. The van der Waals surface area contributed by atoms with Crippen LogP contribution in [-0.4, -0.2) is 72.7 Å². The summed E-state index contributed by atoms with van der Waals surface area (Å²) in [5.74, 6) is 1.22. The predicted octanol–water partition coefficient (Wildman–Crippen LogP) is 1.19. The van der Waals surface area contributed by atoms with Crippen LogP contribution in [0.2, 0.25) is 0 Å². The van der Waals surface area contributed by atoms with Gasteiger partial charge in [-0.15, -0.1) is 0 Å². The molecule has 1 fully saturated rings. The molecule has 0 bridgehead atoms. The number of hydrogen-bond acceptors (Lipinski definition) is 6. The first-order chi connectivity index (χ1) is 12.6. The van der Waals surface area contributed by atoms with Gasteiger partial charge < -0.3 is 24.5 Å². The topological polar surface area (TPSA) is 68.6 Å². The maximum absolute atomic E-state index is 12.9. The number of phenolic OH excluding ortho intramolecular Hbond substituents is 1. The minimum absolute atomic E-state index is 0.0339. The van der Waals surface area contributed by atoms with Crippen molar-refractivity contribution < 1.29 is 14.6 Å². The highest BCUT2D eigenvalue weighted by molar-refractivity contribution is 5.97. The molecule has 0 saturated carbocycles. The number of anilines is 1. The summed E-state index contributed by atoms with van der Waals surface area (Å²) >= 11 is 0. The smallest absolute Gasteiger partial charge is 0.231 e. The van der Waals surface area contributed by atoms with E-state index in [1.54, 1.807) is 17.0 Å². The normalized spacial score (nSPS) is 22.4. The van der Waals surface area contributed by atoms with Gasteiger partial charge in [0.2, 0.25) is 5.91 Å². The number of hydrogen-bond donors (Lipinski definition) is 1. The second-order valence-corrected chi connectivity index (χ2v) is 6.82. The van der Waals surface area contributed by atoms with Gasteiger partial charge >= 0.3 is 0 Å². The molecular weight excluding hydrogens is 332 g/mol. The van der Waals surface area contributed by atoms with E-state index < -0.39 is 0 Å². The van der Waals surface area contributed by atoms with Gasteiger partial charge in [-0.25, -0.2) is 4.99 Å². The number of aromatic hydroxyl groups is 1. The Morgan fingerprint density at radius 2 is 2.12 bits per heavy atom. The molecule has 0 spiro atoms. The maximum Gasteiger partial charge on any atom is 0.231 e. The van der Waals surface area contributed by atoms with E-state index >= 15 is 0 Å². The quantitative estimate of drug-likeness (QED) is 0.862. The largest absolute Gasteiger partial charge is 0.508 e. The number of amides is 1. The third-order valence-electron chi connectivity index (χ3n) is 5.21. The van der Waals surface area contributed by atoms with Crippen molar-refractivity contribution in [3.8, 4) is 5.75 Å². The molecule has 0 aromatic heterocycles. The molecule has 0 radical (unpaired) electrons. The Balaban J connectivity index is 1.48. The van der Waals surface area contributed by atoms with Crippen molar-refractivity contribution in [3.05, 3.63) is 36.0 Å². The van der Waals surface area contributed by atoms with Crippen LogP contribution in [0.15, 0.2) is 35.5 Å². The number of nitrogens with zero attached hydrogens (tertiary/aromatic N) is 4. The van der Waals surface area contributed by atoms with E-state index in [4.69, 9.17) is 9.73 Å². The first-order valence-electron chi connectivity index (χ1n) is 9.05. The summed E-state index contributed by atoms with van der Waals surface area (Å²) in [4.78, 5) is 23.7. The van der Waals surface area contributed by atoms with Crippen molar-refractivity contribution in [2.45, 2.75) is 19.0 Å². The fraction of sp³-hybridized carbons (Fsp3) is 0.474. The minimum Gasteiger partial charge on any atom is -0.508 e. The molecule has 1 aromatic rings. The minimum atomic E-state index is -0.216. The monoisotopic (exact) mass is 356 g/mol. The molecule has 3 aliphatic rings. The molecule has 1 N–H and O–H groups in total. The number of carbonyl (C=O) groups excluding carboxylic acids is 1. The molecule has 1 saturated heterocycles. The molecule has 1 unspecified atom stereocenters. The van der Waals surface area contributed by atoms with Crippen LogP contribution in [0.1, 0.15) is 12.0 Å². The lowest BCUT2D eigenvalue weighted by Gasteiger charge is -2.34. The molecule has 138 valence electrons. The zero-order valence-electron chi connectivity index (χ0n) is 15.0.